The second kappa shape index (κ2) is 12.6. The van der Waals surface area contributed by atoms with Gasteiger partial charge in [-0.05, 0) is 63.9 Å². The second-order valence-corrected chi connectivity index (χ2v) is 14.2. The highest BCUT2D eigenvalue weighted by Gasteiger charge is 2.39. The summed E-state index contributed by atoms with van der Waals surface area (Å²) in [5.74, 6) is 0.640. The first-order valence-corrected chi connectivity index (χ1v) is 16.3. The van der Waals surface area contributed by atoms with E-state index in [4.69, 9.17) is 16.3 Å². The largest absolute Gasteiger partial charge is 0.489 e. The van der Waals surface area contributed by atoms with Gasteiger partial charge in [-0.1, -0.05) is 23.7 Å². The second-order valence-electron chi connectivity index (χ2n) is 11.3. The minimum Gasteiger partial charge on any atom is -0.489 e. The lowest BCUT2D eigenvalue weighted by molar-refractivity contribution is -0.122. The predicted molar refractivity (Wildman–Crippen MR) is 169 cm³/mol. The average molecular weight is 642 g/mol. The van der Waals surface area contributed by atoms with Crippen LogP contribution in [0.5, 0.6) is 5.75 Å². The van der Waals surface area contributed by atoms with Crippen LogP contribution in [-0.4, -0.2) is 72.1 Å². The van der Waals surface area contributed by atoms with Gasteiger partial charge in [-0.15, -0.1) is 0 Å². The molecule has 44 heavy (non-hydrogen) atoms. The Morgan fingerprint density at radius 2 is 1.89 bits per heavy atom. The van der Waals surface area contributed by atoms with Gasteiger partial charge in [-0.3, -0.25) is 9.59 Å². The third-order valence-corrected chi connectivity index (χ3v) is 10.1. The maximum atomic E-state index is 13.6. The molecular weight excluding hydrogens is 606 g/mol. The van der Waals surface area contributed by atoms with Gasteiger partial charge in [0.25, 0.3) is 5.91 Å². The topological polar surface area (TPSA) is 155 Å². The number of hydrogen-bond donors (Lipinski definition) is 4. The summed E-state index contributed by atoms with van der Waals surface area (Å²) in [6.07, 6.45) is 1.77. The number of sulfone groups is 1. The number of aromatic nitrogens is 2. The zero-order chi connectivity index (χ0) is 31.8. The van der Waals surface area contributed by atoms with Crippen LogP contribution in [-0.2, 0) is 21.2 Å². The Morgan fingerprint density at radius 1 is 1.14 bits per heavy atom. The van der Waals surface area contributed by atoms with Gasteiger partial charge >= 0.3 is 0 Å². The molecule has 0 saturated carbocycles. The molecule has 0 radical (unpaired) electrons. The minimum atomic E-state index is -3.59. The van der Waals surface area contributed by atoms with Gasteiger partial charge in [0, 0.05) is 31.7 Å². The zero-order valence-corrected chi connectivity index (χ0v) is 26.7. The fourth-order valence-electron chi connectivity index (χ4n) is 5.27. The SMILES string of the molecule is CNC(=O)[C@@H]1CC(N2Cc3cc(OC(C)C)c(Nc4ncc(Cl)c(Nc5ccccc5S(=O)(=O)C(C)C)n4)cc3C2=O)CN1. The number of nitrogens with one attached hydrogen (secondary N) is 4. The monoisotopic (exact) mass is 641 g/mol. The van der Waals surface area contributed by atoms with E-state index >= 15 is 0 Å². The summed E-state index contributed by atoms with van der Waals surface area (Å²) in [5.41, 5.74) is 2.16. The molecule has 0 bridgehead atoms. The van der Waals surface area contributed by atoms with Crippen molar-refractivity contribution in [3.05, 3.63) is 58.7 Å². The average Bonchev–Trinajstić information content (AvgIpc) is 3.59. The van der Waals surface area contributed by atoms with Crippen molar-refractivity contribution >= 4 is 56.4 Å². The fraction of sp³-hybridized carbons (Fsp3) is 0.400. The van der Waals surface area contributed by atoms with Crippen LogP contribution in [0, 0.1) is 0 Å². The summed E-state index contributed by atoms with van der Waals surface area (Å²) in [6, 6.07) is 9.65. The quantitative estimate of drug-likeness (QED) is 0.255. The Morgan fingerprint density at radius 3 is 2.59 bits per heavy atom. The Balaban J connectivity index is 1.43. The number of nitrogens with zero attached hydrogens (tertiary/aromatic N) is 3. The predicted octanol–water partition coefficient (Wildman–Crippen LogP) is 4.02. The molecule has 2 amide bonds. The summed E-state index contributed by atoms with van der Waals surface area (Å²) >= 11 is 6.42. The number of anilines is 4. The zero-order valence-electron chi connectivity index (χ0n) is 25.1. The normalized spacial score (nSPS) is 18.1. The van der Waals surface area contributed by atoms with Gasteiger partial charge < -0.3 is 30.9 Å². The number of ether oxygens (including phenoxy) is 1. The van der Waals surface area contributed by atoms with Crippen molar-refractivity contribution in [2.24, 2.45) is 0 Å². The van der Waals surface area contributed by atoms with E-state index in [0.717, 1.165) is 5.56 Å². The number of carbonyl (C=O) groups excluding carboxylic acids is 2. The van der Waals surface area contributed by atoms with Gasteiger partial charge in [-0.2, -0.15) is 4.98 Å². The third-order valence-electron chi connectivity index (χ3n) is 7.57. The van der Waals surface area contributed by atoms with Crippen molar-refractivity contribution in [3.63, 3.8) is 0 Å². The van der Waals surface area contributed by atoms with E-state index < -0.39 is 15.1 Å². The Bertz CT molecular complexity index is 1700. The number of benzene rings is 2. The molecule has 4 N–H and O–H groups in total. The lowest BCUT2D eigenvalue weighted by atomic mass is 10.1. The number of likely N-dealkylation sites (N-methyl/N-ethyl adjacent to an activating group) is 1. The van der Waals surface area contributed by atoms with Gasteiger partial charge in [0.1, 0.15) is 10.8 Å². The molecule has 3 aromatic rings. The van der Waals surface area contributed by atoms with Gasteiger partial charge in [0.2, 0.25) is 11.9 Å². The van der Waals surface area contributed by atoms with E-state index in [1.807, 2.05) is 19.9 Å². The molecule has 3 heterocycles. The number of halogens is 1. The van der Waals surface area contributed by atoms with Crippen molar-refractivity contribution in [3.8, 4) is 5.75 Å². The van der Waals surface area contributed by atoms with Gasteiger partial charge in [0.05, 0.1) is 39.9 Å². The summed E-state index contributed by atoms with van der Waals surface area (Å²) < 4.78 is 32.0. The summed E-state index contributed by atoms with van der Waals surface area (Å²) in [7, 11) is -1.99. The Hall–Kier alpha value is -3.94. The standard InChI is InChI=1S/C30H36ClN7O5S/c1-16(2)43-25-10-18-15-38(19-11-24(33-13-19)28(39)32-5)29(40)20(18)12-23(25)36-30-34-14-21(31)27(37-30)35-22-8-6-7-9-26(22)44(41,42)17(3)4/h6-10,12,14,16-17,19,24,33H,11,13,15H2,1-5H3,(H,32,39)(H2,34,35,36,37)/t19?,24-/m0/s1. The maximum absolute atomic E-state index is 13.6. The lowest BCUT2D eigenvalue weighted by Gasteiger charge is -2.23. The summed E-state index contributed by atoms with van der Waals surface area (Å²) in [6.45, 7) is 7.97. The molecule has 14 heteroatoms. The molecule has 2 aliphatic rings. The van der Waals surface area contributed by atoms with Gasteiger partial charge in [0.15, 0.2) is 15.7 Å². The van der Waals surface area contributed by atoms with Crippen LogP contribution < -0.4 is 26.0 Å². The molecule has 2 aliphatic heterocycles. The highest BCUT2D eigenvalue weighted by molar-refractivity contribution is 7.92. The van der Waals surface area contributed by atoms with Crippen LogP contribution in [0.25, 0.3) is 0 Å². The molecule has 5 rings (SSSR count). The van der Waals surface area contributed by atoms with Crippen LogP contribution in [0.3, 0.4) is 0 Å². The van der Waals surface area contributed by atoms with Crippen LogP contribution in [0.4, 0.5) is 23.1 Å². The molecule has 1 fully saturated rings. The summed E-state index contributed by atoms with van der Waals surface area (Å²) in [4.78, 5) is 36.4. The van der Waals surface area contributed by atoms with Crippen molar-refractivity contribution < 1.29 is 22.7 Å². The van der Waals surface area contributed by atoms with Crippen LogP contribution >= 0.6 is 11.6 Å². The number of para-hydroxylation sites is 1. The molecule has 1 unspecified atom stereocenters. The minimum absolute atomic E-state index is 0.0994. The number of fused-ring (bicyclic) bond motifs is 1. The molecule has 0 spiro atoms. The molecule has 0 aliphatic carbocycles. The number of hydrogen-bond acceptors (Lipinski definition) is 10. The van der Waals surface area contributed by atoms with Crippen LogP contribution in [0.1, 0.15) is 50.0 Å². The molecule has 1 saturated heterocycles. The van der Waals surface area contributed by atoms with E-state index in [9.17, 15) is 18.0 Å². The first kappa shape index (κ1) is 31.5. The van der Waals surface area contributed by atoms with Crippen molar-refractivity contribution in [2.45, 2.75) is 69.0 Å². The Labute approximate surface area is 261 Å². The highest BCUT2D eigenvalue weighted by Crippen LogP contribution is 2.38. The maximum Gasteiger partial charge on any atom is 0.254 e. The van der Waals surface area contributed by atoms with Crippen molar-refractivity contribution in [1.82, 2.24) is 25.5 Å². The lowest BCUT2D eigenvalue weighted by Crippen LogP contribution is -2.38. The van der Waals surface area contributed by atoms with E-state index in [1.165, 1.54) is 12.3 Å². The number of amides is 2. The molecule has 2 atom stereocenters. The van der Waals surface area contributed by atoms with Crippen LogP contribution in [0.2, 0.25) is 5.02 Å². The fourth-order valence-corrected chi connectivity index (χ4v) is 6.61. The first-order valence-electron chi connectivity index (χ1n) is 14.4. The molecule has 234 valence electrons. The van der Waals surface area contributed by atoms with Crippen molar-refractivity contribution in [1.29, 1.82) is 0 Å². The van der Waals surface area contributed by atoms with Crippen LogP contribution in [0.15, 0.2) is 47.5 Å². The summed E-state index contributed by atoms with van der Waals surface area (Å²) in [5, 5.41) is 11.6. The molecular formula is C30H36ClN7O5S. The molecule has 12 nitrogen and oxygen atoms in total. The van der Waals surface area contributed by atoms with E-state index in [2.05, 4.69) is 31.2 Å². The van der Waals surface area contributed by atoms with Crippen molar-refractivity contribution in [2.75, 3.05) is 24.2 Å². The highest BCUT2D eigenvalue weighted by atomic mass is 35.5. The third kappa shape index (κ3) is 6.30. The Kier molecular flexibility index (Phi) is 9.00. The first-order chi connectivity index (χ1) is 20.9. The van der Waals surface area contributed by atoms with E-state index in [0.29, 0.717) is 42.2 Å². The number of carbonyl (C=O) groups is 2. The van der Waals surface area contributed by atoms with E-state index in [-0.39, 0.29) is 51.7 Å². The smallest absolute Gasteiger partial charge is 0.254 e. The van der Waals surface area contributed by atoms with Gasteiger partial charge in [-0.25, -0.2) is 13.4 Å². The molecule has 2 aromatic carbocycles. The number of rotatable bonds is 10. The van der Waals surface area contributed by atoms with E-state index in [1.54, 1.807) is 50.1 Å². The molecule has 1 aromatic heterocycles.